The van der Waals surface area contributed by atoms with E-state index in [1.54, 1.807) is 4.90 Å². The molecular formula is C18H27NO3. The Morgan fingerprint density at radius 2 is 1.55 bits per heavy atom. The zero-order chi connectivity index (χ0) is 16.1. The second kappa shape index (κ2) is 5.47. The third kappa shape index (κ3) is 2.50. The average Bonchev–Trinajstić information content (AvgIpc) is 2.70. The number of hydrogen-bond acceptors (Lipinski definition) is 3. The number of amides is 2. The number of Topliss-reactive ketones (excluding diaryl/α,β-unsaturated/α-hetero) is 1. The number of imide groups is 1. The Labute approximate surface area is 132 Å². The second-order valence-corrected chi connectivity index (χ2v) is 8.39. The lowest BCUT2D eigenvalue weighted by Gasteiger charge is -2.39. The molecule has 0 aromatic carbocycles. The molecular weight excluding hydrogens is 278 g/mol. The van der Waals surface area contributed by atoms with Crippen molar-refractivity contribution in [3.8, 4) is 0 Å². The summed E-state index contributed by atoms with van der Waals surface area (Å²) in [6, 6.07) is 0.0788. The van der Waals surface area contributed by atoms with Gasteiger partial charge in [-0.05, 0) is 24.2 Å². The van der Waals surface area contributed by atoms with Crippen molar-refractivity contribution in [2.24, 2.45) is 23.2 Å². The molecule has 0 spiro atoms. The minimum Gasteiger partial charge on any atom is -0.300 e. The quantitative estimate of drug-likeness (QED) is 0.700. The molecule has 0 N–H and O–H groups in total. The van der Waals surface area contributed by atoms with Crippen LogP contribution in [-0.2, 0) is 14.4 Å². The molecule has 3 fully saturated rings. The van der Waals surface area contributed by atoms with Crippen LogP contribution < -0.4 is 0 Å². The molecule has 2 aliphatic carbocycles. The lowest BCUT2D eigenvalue weighted by atomic mass is 9.63. The van der Waals surface area contributed by atoms with Gasteiger partial charge in [0.05, 0.1) is 11.8 Å². The number of likely N-dealkylation sites (tertiary alicyclic amines) is 1. The fraction of sp³-hybridized carbons (Fsp3) is 0.833. The highest BCUT2D eigenvalue weighted by Gasteiger charge is 2.57. The molecule has 3 rings (SSSR count). The van der Waals surface area contributed by atoms with Crippen LogP contribution in [0, 0.1) is 23.2 Å². The van der Waals surface area contributed by atoms with Gasteiger partial charge >= 0.3 is 0 Å². The highest BCUT2D eigenvalue weighted by atomic mass is 16.2. The van der Waals surface area contributed by atoms with Crippen LogP contribution in [0.5, 0.6) is 0 Å². The molecule has 0 aromatic heterocycles. The minimum atomic E-state index is -0.389. The van der Waals surface area contributed by atoms with Crippen LogP contribution in [0.2, 0.25) is 0 Å². The van der Waals surface area contributed by atoms with Gasteiger partial charge in [0.15, 0.2) is 0 Å². The molecule has 4 nitrogen and oxygen atoms in total. The molecule has 1 aliphatic heterocycles. The van der Waals surface area contributed by atoms with Gasteiger partial charge in [0, 0.05) is 18.9 Å². The summed E-state index contributed by atoms with van der Waals surface area (Å²) in [4.78, 5) is 39.5. The van der Waals surface area contributed by atoms with E-state index in [1.807, 2.05) is 0 Å². The van der Waals surface area contributed by atoms with E-state index < -0.39 is 0 Å². The Hall–Kier alpha value is -1.19. The zero-order valence-corrected chi connectivity index (χ0v) is 13.9. The maximum absolute atomic E-state index is 13.0. The summed E-state index contributed by atoms with van der Waals surface area (Å²) >= 11 is 0. The van der Waals surface area contributed by atoms with Gasteiger partial charge in [-0.1, -0.05) is 40.0 Å². The average molecular weight is 305 g/mol. The summed E-state index contributed by atoms with van der Waals surface area (Å²) in [6.07, 6.45) is 5.98. The number of hydrogen-bond donors (Lipinski definition) is 0. The summed E-state index contributed by atoms with van der Waals surface area (Å²) < 4.78 is 0. The lowest BCUT2D eigenvalue weighted by Crippen LogP contribution is -2.43. The Bertz CT molecular complexity index is 499. The number of carbonyl (C=O) groups is 3. The van der Waals surface area contributed by atoms with E-state index in [1.165, 1.54) is 6.42 Å². The van der Waals surface area contributed by atoms with Crippen molar-refractivity contribution in [3.05, 3.63) is 0 Å². The molecule has 22 heavy (non-hydrogen) atoms. The molecule has 2 amide bonds. The summed E-state index contributed by atoms with van der Waals surface area (Å²) in [5.74, 6) is -0.581. The van der Waals surface area contributed by atoms with Crippen LogP contribution in [0.4, 0.5) is 0 Å². The fourth-order valence-corrected chi connectivity index (χ4v) is 4.69. The standard InChI is InChI=1S/C18H27NO3/c1-18(2,3)14-10-12(20)9-13-15(14)17(22)19(16(13)21)11-7-5-4-6-8-11/h11,13-15H,4-10H2,1-3H3/t13-,14?,15-/m0/s1. The Balaban J connectivity index is 1.91. The Kier molecular flexibility index (Phi) is 3.90. The van der Waals surface area contributed by atoms with Gasteiger partial charge in [0.25, 0.3) is 0 Å². The molecule has 4 heteroatoms. The van der Waals surface area contributed by atoms with Gasteiger partial charge < -0.3 is 0 Å². The van der Waals surface area contributed by atoms with Crippen molar-refractivity contribution in [1.29, 1.82) is 0 Å². The van der Waals surface area contributed by atoms with Crippen molar-refractivity contribution >= 4 is 17.6 Å². The molecule has 0 radical (unpaired) electrons. The van der Waals surface area contributed by atoms with E-state index in [2.05, 4.69) is 20.8 Å². The predicted octanol–water partition coefficient (Wildman–Crippen LogP) is 2.95. The molecule has 2 saturated carbocycles. The summed E-state index contributed by atoms with van der Waals surface area (Å²) in [7, 11) is 0. The van der Waals surface area contributed by atoms with Gasteiger partial charge in [0.2, 0.25) is 11.8 Å². The lowest BCUT2D eigenvalue weighted by molar-refractivity contribution is -0.144. The minimum absolute atomic E-state index is 0.00863. The van der Waals surface area contributed by atoms with Gasteiger partial charge in [0.1, 0.15) is 5.78 Å². The molecule has 1 saturated heterocycles. The topological polar surface area (TPSA) is 54.5 Å². The fourth-order valence-electron chi connectivity index (χ4n) is 4.69. The summed E-state index contributed by atoms with van der Waals surface area (Å²) in [6.45, 7) is 6.23. The monoisotopic (exact) mass is 305 g/mol. The normalized spacial score (nSPS) is 34.2. The van der Waals surface area contributed by atoms with Crippen molar-refractivity contribution in [1.82, 2.24) is 4.90 Å². The van der Waals surface area contributed by atoms with Crippen LogP contribution in [0.25, 0.3) is 0 Å². The highest BCUT2D eigenvalue weighted by Crippen LogP contribution is 2.48. The van der Waals surface area contributed by atoms with E-state index >= 15 is 0 Å². The zero-order valence-electron chi connectivity index (χ0n) is 13.9. The molecule has 122 valence electrons. The molecule has 0 bridgehead atoms. The second-order valence-electron chi connectivity index (χ2n) is 8.39. The number of nitrogens with zero attached hydrogens (tertiary/aromatic N) is 1. The number of fused-ring (bicyclic) bond motifs is 1. The number of ketones is 1. The molecule has 3 atom stereocenters. The van der Waals surface area contributed by atoms with Crippen LogP contribution in [0.1, 0.15) is 65.7 Å². The van der Waals surface area contributed by atoms with Gasteiger partial charge in [-0.15, -0.1) is 0 Å². The van der Waals surface area contributed by atoms with E-state index in [9.17, 15) is 14.4 Å². The summed E-state index contributed by atoms with van der Waals surface area (Å²) in [5.41, 5.74) is -0.127. The van der Waals surface area contributed by atoms with Gasteiger partial charge in [-0.3, -0.25) is 19.3 Å². The molecule has 1 heterocycles. The SMILES string of the molecule is CC(C)(C)C1CC(=O)C[C@@H]2C(=O)N(C3CCCCC3)C(=O)[C@H]12. The van der Waals surface area contributed by atoms with Crippen molar-refractivity contribution < 1.29 is 14.4 Å². The predicted molar refractivity (Wildman–Crippen MR) is 82.9 cm³/mol. The number of rotatable bonds is 1. The van der Waals surface area contributed by atoms with E-state index in [0.717, 1.165) is 25.7 Å². The van der Waals surface area contributed by atoms with Crippen molar-refractivity contribution in [3.63, 3.8) is 0 Å². The van der Waals surface area contributed by atoms with Crippen LogP contribution >= 0.6 is 0 Å². The highest BCUT2D eigenvalue weighted by molar-refractivity contribution is 6.08. The van der Waals surface area contributed by atoms with E-state index in [4.69, 9.17) is 0 Å². The third-order valence-electron chi connectivity index (χ3n) is 5.89. The smallest absolute Gasteiger partial charge is 0.233 e. The van der Waals surface area contributed by atoms with Crippen molar-refractivity contribution in [2.75, 3.05) is 0 Å². The maximum atomic E-state index is 13.0. The third-order valence-corrected chi connectivity index (χ3v) is 5.89. The van der Waals surface area contributed by atoms with Crippen LogP contribution in [-0.4, -0.2) is 28.5 Å². The summed E-state index contributed by atoms with van der Waals surface area (Å²) in [5, 5.41) is 0. The molecule has 0 aromatic rings. The van der Waals surface area contributed by atoms with E-state index in [0.29, 0.717) is 6.42 Å². The first-order chi connectivity index (χ1) is 10.3. The van der Waals surface area contributed by atoms with Gasteiger partial charge in [-0.25, -0.2) is 0 Å². The van der Waals surface area contributed by atoms with Crippen LogP contribution in [0.15, 0.2) is 0 Å². The first-order valence-corrected chi connectivity index (χ1v) is 8.69. The van der Waals surface area contributed by atoms with E-state index in [-0.39, 0.29) is 53.2 Å². The molecule has 3 aliphatic rings. The Morgan fingerprint density at radius 1 is 0.909 bits per heavy atom. The first-order valence-electron chi connectivity index (χ1n) is 8.69. The van der Waals surface area contributed by atoms with Gasteiger partial charge in [-0.2, -0.15) is 0 Å². The van der Waals surface area contributed by atoms with Crippen LogP contribution in [0.3, 0.4) is 0 Å². The van der Waals surface area contributed by atoms with Crippen molar-refractivity contribution in [2.45, 2.75) is 71.8 Å². The largest absolute Gasteiger partial charge is 0.300 e. The first kappa shape index (κ1) is 15.7. The maximum Gasteiger partial charge on any atom is 0.233 e. The number of carbonyl (C=O) groups excluding carboxylic acids is 3. The Morgan fingerprint density at radius 3 is 2.14 bits per heavy atom. The molecule has 1 unspecified atom stereocenters.